The predicted molar refractivity (Wildman–Crippen MR) is 63.2 cm³/mol. The van der Waals surface area contributed by atoms with Crippen LogP contribution >= 0.6 is 31.9 Å². The highest BCUT2D eigenvalue weighted by atomic mass is 79.9. The van der Waals surface area contributed by atoms with E-state index < -0.39 is 0 Å². The largest absolute Gasteiger partial charge is 0.260 e. The Morgan fingerprint density at radius 2 is 2.23 bits per heavy atom. The minimum Gasteiger partial charge on any atom is -0.260 e. The van der Waals surface area contributed by atoms with Gasteiger partial charge in [-0.25, -0.2) is 0 Å². The van der Waals surface area contributed by atoms with E-state index in [0.29, 0.717) is 0 Å². The Morgan fingerprint density at radius 3 is 2.77 bits per heavy atom. The molecule has 0 saturated heterocycles. The monoisotopic (exact) mass is 305 g/mol. The fourth-order valence-electron chi connectivity index (χ4n) is 1.03. The van der Waals surface area contributed by atoms with Crippen LogP contribution in [0.15, 0.2) is 22.8 Å². The van der Waals surface area contributed by atoms with Crippen molar-refractivity contribution in [1.82, 2.24) is 4.98 Å². The van der Waals surface area contributed by atoms with Crippen LogP contribution in [0.25, 0.3) is 0 Å². The van der Waals surface area contributed by atoms with Crippen molar-refractivity contribution in [1.29, 1.82) is 0 Å². The molecule has 72 valence electrons. The maximum Gasteiger partial charge on any atom is 0.0413 e. The van der Waals surface area contributed by atoms with Gasteiger partial charge in [-0.3, -0.25) is 4.98 Å². The van der Waals surface area contributed by atoms with E-state index in [2.05, 4.69) is 49.8 Å². The molecule has 1 nitrogen and oxygen atoms in total. The van der Waals surface area contributed by atoms with Crippen LogP contribution in [0, 0.1) is 5.92 Å². The smallest absolute Gasteiger partial charge is 0.0413 e. The molecule has 3 heteroatoms. The molecule has 1 rings (SSSR count). The number of aryl methyl sites for hydroxylation is 1. The lowest BCUT2D eigenvalue weighted by atomic mass is 10.1. The topological polar surface area (TPSA) is 12.9 Å². The lowest BCUT2D eigenvalue weighted by molar-refractivity contribution is 0.594. The molecule has 1 aromatic rings. The summed E-state index contributed by atoms with van der Waals surface area (Å²) < 4.78 is 1.05. The normalized spacial score (nSPS) is 12.8. The van der Waals surface area contributed by atoms with Crippen LogP contribution in [0.1, 0.15) is 19.0 Å². The first kappa shape index (κ1) is 11.2. The molecule has 0 fully saturated rings. The first-order valence-electron chi connectivity index (χ1n) is 4.38. The van der Waals surface area contributed by atoms with E-state index in [0.717, 1.165) is 22.1 Å². The van der Waals surface area contributed by atoms with E-state index in [1.54, 1.807) is 0 Å². The number of alkyl halides is 1. The van der Waals surface area contributed by atoms with Gasteiger partial charge in [-0.2, -0.15) is 0 Å². The van der Waals surface area contributed by atoms with Gasteiger partial charge in [0.15, 0.2) is 0 Å². The summed E-state index contributed by atoms with van der Waals surface area (Å²) in [5, 5.41) is 1.07. The van der Waals surface area contributed by atoms with Gasteiger partial charge >= 0.3 is 0 Å². The van der Waals surface area contributed by atoms with Gasteiger partial charge in [-0.1, -0.05) is 22.9 Å². The van der Waals surface area contributed by atoms with Crippen molar-refractivity contribution < 1.29 is 0 Å². The fourth-order valence-corrected chi connectivity index (χ4v) is 1.58. The Morgan fingerprint density at radius 1 is 1.46 bits per heavy atom. The van der Waals surface area contributed by atoms with E-state index in [-0.39, 0.29) is 0 Å². The zero-order chi connectivity index (χ0) is 9.68. The van der Waals surface area contributed by atoms with Crippen molar-refractivity contribution >= 4 is 31.9 Å². The second-order valence-corrected chi connectivity index (χ2v) is 4.83. The number of rotatable bonds is 4. The van der Waals surface area contributed by atoms with Gasteiger partial charge in [0.2, 0.25) is 0 Å². The fraction of sp³-hybridized carbons (Fsp3) is 0.500. The van der Waals surface area contributed by atoms with Gasteiger partial charge in [0, 0.05) is 21.7 Å². The lowest BCUT2D eigenvalue weighted by Crippen LogP contribution is -1.99. The molecule has 13 heavy (non-hydrogen) atoms. The maximum atomic E-state index is 4.32. The predicted octanol–water partition coefficient (Wildman–Crippen LogP) is 3.81. The molecular formula is C10H13Br2N. The molecule has 0 aliphatic heterocycles. The summed E-state index contributed by atoms with van der Waals surface area (Å²) in [7, 11) is 0. The van der Waals surface area contributed by atoms with Crippen LogP contribution in [0.4, 0.5) is 0 Å². The van der Waals surface area contributed by atoms with Crippen LogP contribution in [0.5, 0.6) is 0 Å². The minimum atomic E-state index is 0.727. The molecule has 0 spiro atoms. The van der Waals surface area contributed by atoms with Crippen LogP contribution in [-0.4, -0.2) is 10.3 Å². The van der Waals surface area contributed by atoms with Gasteiger partial charge in [0.25, 0.3) is 0 Å². The highest BCUT2D eigenvalue weighted by molar-refractivity contribution is 9.10. The Labute approximate surface area is 96.2 Å². The van der Waals surface area contributed by atoms with Gasteiger partial charge in [0.05, 0.1) is 0 Å². The van der Waals surface area contributed by atoms with Gasteiger partial charge < -0.3 is 0 Å². The van der Waals surface area contributed by atoms with Crippen molar-refractivity contribution in [2.75, 3.05) is 5.33 Å². The molecule has 0 amide bonds. The van der Waals surface area contributed by atoms with Gasteiger partial charge in [0.1, 0.15) is 0 Å². The first-order chi connectivity index (χ1) is 6.22. The van der Waals surface area contributed by atoms with Crippen molar-refractivity contribution in [3.05, 3.63) is 28.5 Å². The second-order valence-electron chi connectivity index (χ2n) is 3.27. The molecule has 0 radical (unpaired) electrons. The average molecular weight is 307 g/mol. The Kier molecular flexibility index (Phi) is 4.96. The number of pyridine rings is 1. The van der Waals surface area contributed by atoms with Gasteiger partial charge in [-0.15, -0.1) is 0 Å². The van der Waals surface area contributed by atoms with E-state index in [9.17, 15) is 0 Å². The quantitative estimate of drug-likeness (QED) is 0.771. The van der Waals surface area contributed by atoms with Crippen LogP contribution in [-0.2, 0) is 6.42 Å². The highest BCUT2D eigenvalue weighted by Gasteiger charge is 2.01. The molecule has 0 aliphatic carbocycles. The van der Waals surface area contributed by atoms with Crippen LogP contribution < -0.4 is 0 Å². The van der Waals surface area contributed by atoms with E-state index in [4.69, 9.17) is 0 Å². The number of hydrogen-bond acceptors (Lipinski definition) is 1. The Hall–Kier alpha value is 0.110. The van der Waals surface area contributed by atoms with Crippen LogP contribution in [0.3, 0.4) is 0 Å². The third kappa shape index (κ3) is 4.23. The zero-order valence-corrected chi connectivity index (χ0v) is 10.8. The number of nitrogens with zero attached hydrogens (tertiary/aromatic N) is 1. The van der Waals surface area contributed by atoms with E-state index in [1.165, 1.54) is 12.1 Å². The molecule has 0 aromatic carbocycles. The maximum absolute atomic E-state index is 4.32. The van der Waals surface area contributed by atoms with Crippen LogP contribution in [0.2, 0.25) is 0 Å². The number of aromatic nitrogens is 1. The highest BCUT2D eigenvalue weighted by Crippen LogP contribution is 2.12. The van der Waals surface area contributed by atoms with Crippen molar-refractivity contribution in [2.24, 2.45) is 5.92 Å². The summed E-state index contributed by atoms with van der Waals surface area (Å²) in [6.07, 6.45) is 4.12. The third-order valence-corrected chi connectivity index (χ3v) is 3.52. The Balaban J connectivity index is 2.41. The van der Waals surface area contributed by atoms with Crippen molar-refractivity contribution in [2.45, 2.75) is 19.8 Å². The first-order valence-corrected chi connectivity index (χ1v) is 6.30. The molecule has 0 N–H and O–H groups in total. The Bertz CT molecular complexity index is 246. The molecule has 0 saturated carbocycles. The third-order valence-electron chi connectivity index (χ3n) is 1.95. The summed E-state index contributed by atoms with van der Waals surface area (Å²) in [5.74, 6) is 0.727. The van der Waals surface area contributed by atoms with E-state index >= 15 is 0 Å². The zero-order valence-electron chi connectivity index (χ0n) is 7.63. The number of hydrogen-bond donors (Lipinski definition) is 0. The molecule has 0 bridgehead atoms. The molecule has 1 aromatic heterocycles. The standard InChI is InChI=1S/C10H13Br2N/c1-8(6-11)2-4-10-5-3-9(12)7-13-10/h3,5,7-8H,2,4,6H2,1H3. The van der Waals surface area contributed by atoms with Gasteiger partial charge in [-0.05, 0) is 46.8 Å². The molecule has 1 atom stereocenters. The minimum absolute atomic E-state index is 0.727. The molecular weight excluding hydrogens is 294 g/mol. The summed E-state index contributed by atoms with van der Waals surface area (Å²) in [4.78, 5) is 4.32. The number of halogens is 2. The lowest BCUT2D eigenvalue weighted by Gasteiger charge is -2.06. The molecule has 0 aliphatic rings. The van der Waals surface area contributed by atoms with Crippen molar-refractivity contribution in [3.63, 3.8) is 0 Å². The summed E-state index contributed by atoms with van der Waals surface area (Å²) in [6.45, 7) is 2.24. The summed E-state index contributed by atoms with van der Waals surface area (Å²) in [6, 6.07) is 4.12. The SMILES string of the molecule is CC(CBr)CCc1ccc(Br)cn1. The van der Waals surface area contributed by atoms with E-state index in [1.807, 2.05) is 12.3 Å². The second kappa shape index (κ2) is 5.76. The van der Waals surface area contributed by atoms with Crippen molar-refractivity contribution in [3.8, 4) is 0 Å². The molecule has 1 heterocycles. The summed E-state index contributed by atoms with van der Waals surface area (Å²) in [5.41, 5.74) is 1.18. The average Bonchev–Trinajstić information content (AvgIpc) is 2.16. The summed E-state index contributed by atoms with van der Waals surface area (Å²) >= 11 is 6.84. The molecule has 1 unspecified atom stereocenters.